The highest BCUT2D eigenvalue weighted by molar-refractivity contribution is 5.78. The van der Waals surface area contributed by atoms with E-state index in [2.05, 4.69) is 15.2 Å². The monoisotopic (exact) mass is 510 g/mol. The molecule has 1 unspecified atom stereocenters. The molecule has 4 N–H and O–H groups in total. The molecular formula is C27H34N4O6. The number of benzene rings is 1. The SMILES string of the molecule is CCc1cc(-c2nnc(-c3cc(OC)nc(C4CCCC4)c3)o2)cc(C)c1OC[C@@H](O)CC(O)C(N)=O. The molecule has 0 bridgehead atoms. The summed E-state index contributed by atoms with van der Waals surface area (Å²) >= 11 is 0. The smallest absolute Gasteiger partial charge is 0.248 e. The van der Waals surface area contributed by atoms with Gasteiger partial charge in [0, 0.05) is 35.2 Å². The lowest BCUT2D eigenvalue weighted by Gasteiger charge is -2.18. The second-order valence-corrected chi connectivity index (χ2v) is 9.47. The molecule has 0 spiro atoms. The normalized spacial score (nSPS) is 15.5. The predicted octanol–water partition coefficient (Wildman–Crippen LogP) is 3.31. The van der Waals surface area contributed by atoms with Gasteiger partial charge in [-0.25, -0.2) is 4.98 Å². The van der Waals surface area contributed by atoms with Gasteiger partial charge in [0.15, 0.2) is 0 Å². The van der Waals surface area contributed by atoms with Crippen LogP contribution in [0.4, 0.5) is 0 Å². The zero-order valence-electron chi connectivity index (χ0n) is 21.4. The first-order valence-corrected chi connectivity index (χ1v) is 12.6. The quantitative estimate of drug-likeness (QED) is 0.352. The molecule has 198 valence electrons. The summed E-state index contributed by atoms with van der Waals surface area (Å²) in [6.07, 6.45) is 2.65. The molecule has 1 aliphatic carbocycles. The molecule has 0 radical (unpaired) electrons. The molecule has 1 aromatic carbocycles. The van der Waals surface area contributed by atoms with Crippen LogP contribution in [0.2, 0.25) is 0 Å². The Bertz CT molecular complexity index is 1240. The van der Waals surface area contributed by atoms with Crippen molar-refractivity contribution in [2.45, 2.75) is 70.5 Å². The Morgan fingerprint density at radius 3 is 2.43 bits per heavy atom. The van der Waals surface area contributed by atoms with Gasteiger partial charge < -0.3 is 29.8 Å². The summed E-state index contributed by atoms with van der Waals surface area (Å²) in [6.45, 7) is 3.79. The molecule has 4 rings (SSSR count). The Morgan fingerprint density at radius 1 is 1.14 bits per heavy atom. The third-order valence-electron chi connectivity index (χ3n) is 6.70. The maximum atomic E-state index is 11.0. The van der Waals surface area contributed by atoms with Crippen molar-refractivity contribution in [3.05, 3.63) is 41.1 Å². The van der Waals surface area contributed by atoms with E-state index in [1.807, 2.05) is 32.0 Å². The van der Waals surface area contributed by atoms with Gasteiger partial charge in [-0.1, -0.05) is 19.8 Å². The molecule has 0 saturated heterocycles. The second-order valence-electron chi connectivity index (χ2n) is 9.47. The van der Waals surface area contributed by atoms with Crippen molar-refractivity contribution in [2.75, 3.05) is 13.7 Å². The number of carbonyl (C=O) groups is 1. The van der Waals surface area contributed by atoms with E-state index in [4.69, 9.17) is 19.6 Å². The van der Waals surface area contributed by atoms with Crippen LogP contribution in [0.1, 0.15) is 61.8 Å². The fraction of sp³-hybridized carbons (Fsp3) is 0.481. The van der Waals surface area contributed by atoms with Crippen LogP contribution in [0.25, 0.3) is 22.9 Å². The maximum Gasteiger partial charge on any atom is 0.248 e. The lowest BCUT2D eigenvalue weighted by molar-refractivity contribution is -0.127. The van der Waals surface area contributed by atoms with E-state index in [0.29, 0.717) is 35.7 Å². The first-order chi connectivity index (χ1) is 17.8. The third-order valence-corrected chi connectivity index (χ3v) is 6.70. The molecule has 1 aliphatic rings. The van der Waals surface area contributed by atoms with Crippen LogP contribution in [0.3, 0.4) is 0 Å². The number of nitrogens with two attached hydrogens (primary N) is 1. The van der Waals surface area contributed by atoms with Crippen LogP contribution in [0, 0.1) is 6.92 Å². The number of hydrogen-bond acceptors (Lipinski definition) is 9. The van der Waals surface area contributed by atoms with Crippen LogP contribution in [-0.2, 0) is 11.2 Å². The Labute approximate surface area is 215 Å². The number of ether oxygens (including phenoxy) is 2. The summed E-state index contributed by atoms with van der Waals surface area (Å²) in [7, 11) is 1.60. The minimum Gasteiger partial charge on any atom is -0.490 e. The van der Waals surface area contributed by atoms with Gasteiger partial charge in [0.2, 0.25) is 23.6 Å². The van der Waals surface area contributed by atoms with E-state index in [1.54, 1.807) is 13.2 Å². The molecule has 2 heterocycles. The highest BCUT2D eigenvalue weighted by Gasteiger charge is 2.22. The number of methoxy groups -OCH3 is 1. The van der Waals surface area contributed by atoms with Gasteiger partial charge in [-0.2, -0.15) is 0 Å². The Kier molecular flexibility index (Phi) is 8.40. The molecule has 2 atom stereocenters. The minimum atomic E-state index is -1.42. The molecule has 2 aromatic heterocycles. The van der Waals surface area contributed by atoms with Gasteiger partial charge in [-0.15, -0.1) is 10.2 Å². The van der Waals surface area contributed by atoms with Crippen molar-refractivity contribution in [1.82, 2.24) is 15.2 Å². The number of amides is 1. The Balaban J connectivity index is 1.55. The van der Waals surface area contributed by atoms with Crippen molar-refractivity contribution < 1.29 is 28.9 Å². The number of aryl methyl sites for hydroxylation is 2. The number of aromatic nitrogens is 3. The molecule has 10 heteroatoms. The summed E-state index contributed by atoms with van der Waals surface area (Å²) in [5, 5.41) is 28.3. The maximum absolute atomic E-state index is 11.0. The van der Waals surface area contributed by atoms with Gasteiger partial charge in [-0.3, -0.25) is 4.79 Å². The molecule has 1 fully saturated rings. The largest absolute Gasteiger partial charge is 0.490 e. The van der Waals surface area contributed by atoms with E-state index in [0.717, 1.165) is 40.8 Å². The van der Waals surface area contributed by atoms with Crippen molar-refractivity contribution in [2.24, 2.45) is 5.73 Å². The standard InChI is InChI=1S/C27H34N4O6/c1-4-16-10-18(9-15(2)24(16)36-14-20(32)13-22(33)25(28)34)26-30-31-27(37-26)19-11-21(17-7-5-6-8-17)29-23(12-19)35-3/h9-12,17,20,22,32-33H,4-8,13-14H2,1-3H3,(H2,28,34)/t20-,22?/m0/s1. The Morgan fingerprint density at radius 2 is 1.81 bits per heavy atom. The van der Waals surface area contributed by atoms with Crippen molar-refractivity contribution in [3.63, 3.8) is 0 Å². The number of nitrogens with zero attached hydrogens (tertiary/aromatic N) is 3. The average molecular weight is 511 g/mol. The molecule has 10 nitrogen and oxygen atoms in total. The number of primary amides is 1. The van der Waals surface area contributed by atoms with E-state index >= 15 is 0 Å². The van der Waals surface area contributed by atoms with Crippen LogP contribution < -0.4 is 15.2 Å². The van der Waals surface area contributed by atoms with Gasteiger partial charge >= 0.3 is 0 Å². The van der Waals surface area contributed by atoms with Crippen LogP contribution in [0.5, 0.6) is 11.6 Å². The number of aliphatic hydroxyl groups is 2. The molecule has 1 saturated carbocycles. The number of rotatable bonds is 11. The van der Waals surface area contributed by atoms with Crippen molar-refractivity contribution in [3.8, 4) is 34.5 Å². The number of pyridine rings is 1. The van der Waals surface area contributed by atoms with E-state index < -0.39 is 18.1 Å². The van der Waals surface area contributed by atoms with Gasteiger partial charge in [0.25, 0.3) is 0 Å². The predicted molar refractivity (Wildman–Crippen MR) is 136 cm³/mol. The summed E-state index contributed by atoms with van der Waals surface area (Å²) < 4.78 is 17.4. The van der Waals surface area contributed by atoms with Gasteiger partial charge in [0.1, 0.15) is 18.5 Å². The Hall–Kier alpha value is -3.50. The third kappa shape index (κ3) is 6.26. The first kappa shape index (κ1) is 26.6. The lowest BCUT2D eigenvalue weighted by atomic mass is 10.0. The van der Waals surface area contributed by atoms with E-state index in [1.165, 1.54) is 12.8 Å². The summed E-state index contributed by atoms with van der Waals surface area (Å²) in [6, 6.07) is 7.61. The van der Waals surface area contributed by atoms with Gasteiger partial charge in [0.05, 0.1) is 13.2 Å². The highest BCUT2D eigenvalue weighted by atomic mass is 16.5. The molecular weight excluding hydrogens is 476 g/mol. The fourth-order valence-corrected chi connectivity index (χ4v) is 4.70. The average Bonchev–Trinajstić information content (AvgIpc) is 3.60. The summed E-state index contributed by atoms with van der Waals surface area (Å²) in [5.74, 6) is 1.45. The zero-order chi connectivity index (χ0) is 26.5. The van der Waals surface area contributed by atoms with E-state index in [9.17, 15) is 15.0 Å². The number of hydrogen-bond donors (Lipinski definition) is 3. The molecule has 1 amide bonds. The highest BCUT2D eigenvalue weighted by Crippen LogP contribution is 2.37. The fourth-order valence-electron chi connectivity index (χ4n) is 4.70. The van der Waals surface area contributed by atoms with Gasteiger partial charge in [-0.05, 0) is 55.5 Å². The first-order valence-electron chi connectivity index (χ1n) is 12.6. The lowest BCUT2D eigenvalue weighted by Crippen LogP contribution is -2.33. The zero-order valence-corrected chi connectivity index (χ0v) is 21.4. The van der Waals surface area contributed by atoms with Crippen molar-refractivity contribution in [1.29, 1.82) is 0 Å². The molecule has 0 aliphatic heterocycles. The number of aliphatic hydroxyl groups excluding tert-OH is 2. The van der Waals surface area contributed by atoms with Crippen LogP contribution in [0.15, 0.2) is 28.7 Å². The molecule has 3 aromatic rings. The van der Waals surface area contributed by atoms with Crippen LogP contribution in [-0.4, -0.2) is 57.2 Å². The topological polar surface area (TPSA) is 154 Å². The molecule has 37 heavy (non-hydrogen) atoms. The summed E-state index contributed by atoms with van der Waals surface area (Å²) in [5.41, 5.74) is 9.28. The summed E-state index contributed by atoms with van der Waals surface area (Å²) in [4.78, 5) is 15.7. The van der Waals surface area contributed by atoms with E-state index in [-0.39, 0.29) is 13.0 Å². The second kappa shape index (κ2) is 11.7. The minimum absolute atomic E-state index is 0.0879. The van der Waals surface area contributed by atoms with Crippen LogP contribution >= 0.6 is 0 Å². The number of carbonyl (C=O) groups excluding carboxylic acids is 1. The van der Waals surface area contributed by atoms with Crippen molar-refractivity contribution >= 4 is 5.91 Å².